The van der Waals surface area contributed by atoms with Crippen molar-refractivity contribution in [2.24, 2.45) is 5.92 Å². The molecule has 26 heavy (non-hydrogen) atoms. The van der Waals surface area contributed by atoms with Gasteiger partial charge in [-0.05, 0) is 48.8 Å². The van der Waals surface area contributed by atoms with Gasteiger partial charge in [-0.25, -0.2) is 0 Å². The van der Waals surface area contributed by atoms with Gasteiger partial charge in [-0.3, -0.25) is 9.78 Å². The summed E-state index contributed by atoms with van der Waals surface area (Å²) in [6.07, 6.45) is 7.34. The first kappa shape index (κ1) is 16.9. The molecule has 3 aromatic rings. The Hall–Kier alpha value is -2.54. The Morgan fingerprint density at radius 1 is 1.38 bits per heavy atom. The summed E-state index contributed by atoms with van der Waals surface area (Å²) in [6.45, 7) is 1.65. The molecule has 0 N–H and O–H groups in total. The first-order valence-electron chi connectivity index (χ1n) is 8.84. The predicted octanol–water partition coefficient (Wildman–Crippen LogP) is 3.68. The number of carbonyl (C=O) groups excluding carboxylic acids is 1. The standard InChI is InChI=1S/C19H20N4O2S/c24-19(16-7-10-26-13-16)23-9-2-3-14(12-23)5-6-17-21-18(25-22-17)15-4-1-8-20-11-15/h1,4,7-8,10-11,13-14H,2-3,5-6,9,12H2. The third kappa shape index (κ3) is 3.83. The van der Waals surface area contributed by atoms with Gasteiger partial charge < -0.3 is 9.42 Å². The van der Waals surface area contributed by atoms with Crippen molar-refractivity contribution in [2.45, 2.75) is 25.7 Å². The lowest BCUT2D eigenvalue weighted by Gasteiger charge is -2.32. The Morgan fingerprint density at radius 3 is 3.15 bits per heavy atom. The number of hydrogen-bond donors (Lipinski definition) is 0. The summed E-state index contributed by atoms with van der Waals surface area (Å²) in [4.78, 5) is 23.0. The van der Waals surface area contributed by atoms with Crippen LogP contribution in [-0.2, 0) is 6.42 Å². The van der Waals surface area contributed by atoms with Crippen LogP contribution >= 0.6 is 11.3 Å². The van der Waals surface area contributed by atoms with E-state index in [2.05, 4.69) is 15.1 Å². The number of carbonyl (C=O) groups is 1. The van der Waals surface area contributed by atoms with E-state index in [1.54, 1.807) is 23.7 Å². The molecule has 0 aliphatic carbocycles. The minimum absolute atomic E-state index is 0.148. The summed E-state index contributed by atoms with van der Waals surface area (Å²) in [5, 5.41) is 7.95. The number of aromatic nitrogens is 3. The van der Waals surface area contributed by atoms with Crippen molar-refractivity contribution in [3.05, 3.63) is 52.7 Å². The van der Waals surface area contributed by atoms with Gasteiger partial charge in [0.1, 0.15) is 0 Å². The van der Waals surface area contributed by atoms with Crippen LogP contribution in [0.4, 0.5) is 0 Å². The lowest BCUT2D eigenvalue weighted by Crippen LogP contribution is -2.39. The number of piperidine rings is 1. The highest BCUT2D eigenvalue weighted by atomic mass is 32.1. The SMILES string of the molecule is O=C(c1ccsc1)N1CCCC(CCc2noc(-c3cccnc3)n2)C1. The summed E-state index contributed by atoms with van der Waals surface area (Å²) in [5.74, 6) is 1.84. The number of likely N-dealkylation sites (tertiary alicyclic amines) is 1. The minimum Gasteiger partial charge on any atom is -0.338 e. The molecule has 1 aliphatic rings. The molecule has 0 spiro atoms. The number of thiophene rings is 1. The molecule has 1 fully saturated rings. The van der Waals surface area contributed by atoms with Gasteiger partial charge in [0.05, 0.1) is 11.1 Å². The summed E-state index contributed by atoms with van der Waals surface area (Å²) in [6, 6.07) is 5.65. The molecule has 0 aromatic carbocycles. The molecule has 1 amide bonds. The average molecular weight is 368 g/mol. The fourth-order valence-electron chi connectivity index (χ4n) is 3.35. The quantitative estimate of drug-likeness (QED) is 0.687. The third-order valence-electron chi connectivity index (χ3n) is 4.73. The Kier molecular flexibility index (Phi) is 5.06. The van der Waals surface area contributed by atoms with Crippen molar-refractivity contribution in [2.75, 3.05) is 13.1 Å². The van der Waals surface area contributed by atoms with Crippen molar-refractivity contribution in [3.63, 3.8) is 0 Å². The maximum absolute atomic E-state index is 12.5. The second-order valence-corrected chi connectivity index (χ2v) is 7.35. The zero-order valence-corrected chi connectivity index (χ0v) is 15.2. The van der Waals surface area contributed by atoms with Gasteiger partial charge >= 0.3 is 0 Å². The van der Waals surface area contributed by atoms with Crippen LogP contribution < -0.4 is 0 Å². The highest BCUT2D eigenvalue weighted by Crippen LogP contribution is 2.24. The molecule has 0 saturated carbocycles. The van der Waals surface area contributed by atoms with Gasteiger partial charge in [0, 0.05) is 37.3 Å². The number of rotatable bonds is 5. The molecule has 3 aromatic heterocycles. The lowest BCUT2D eigenvalue weighted by molar-refractivity contribution is 0.0668. The number of nitrogens with zero attached hydrogens (tertiary/aromatic N) is 4. The van der Waals surface area contributed by atoms with Crippen molar-refractivity contribution in [1.29, 1.82) is 0 Å². The molecule has 7 heteroatoms. The number of hydrogen-bond acceptors (Lipinski definition) is 6. The highest BCUT2D eigenvalue weighted by Gasteiger charge is 2.25. The van der Waals surface area contributed by atoms with Crippen molar-refractivity contribution >= 4 is 17.2 Å². The van der Waals surface area contributed by atoms with Crippen molar-refractivity contribution in [1.82, 2.24) is 20.0 Å². The largest absolute Gasteiger partial charge is 0.338 e. The molecule has 1 aliphatic heterocycles. The van der Waals surface area contributed by atoms with Crippen LogP contribution in [0.25, 0.3) is 11.5 Å². The highest BCUT2D eigenvalue weighted by molar-refractivity contribution is 7.08. The van der Waals surface area contributed by atoms with Crippen LogP contribution in [0.3, 0.4) is 0 Å². The van der Waals surface area contributed by atoms with Crippen LogP contribution in [0.2, 0.25) is 0 Å². The monoisotopic (exact) mass is 368 g/mol. The number of aryl methyl sites for hydroxylation is 1. The Balaban J connectivity index is 1.33. The zero-order valence-electron chi connectivity index (χ0n) is 14.4. The van der Waals surface area contributed by atoms with Gasteiger partial charge in [-0.15, -0.1) is 0 Å². The molecule has 0 radical (unpaired) electrons. The van der Waals surface area contributed by atoms with E-state index < -0.39 is 0 Å². The molecule has 1 atom stereocenters. The van der Waals surface area contributed by atoms with Crippen LogP contribution in [0.15, 0.2) is 45.9 Å². The summed E-state index contributed by atoms with van der Waals surface area (Å²) < 4.78 is 5.33. The summed E-state index contributed by atoms with van der Waals surface area (Å²) >= 11 is 1.56. The molecule has 1 saturated heterocycles. The fourth-order valence-corrected chi connectivity index (χ4v) is 3.98. The van der Waals surface area contributed by atoms with Gasteiger partial charge in [-0.1, -0.05) is 5.16 Å². The lowest BCUT2D eigenvalue weighted by atomic mass is 9.93. The van der Waals surface area contributed by atoms with Crippen LogP contribution in [-0.4, -0.2) is 39.0 Å². The van der Waals surface area contributed by atoms with E-state index in [9.17, 15) is 4.79 Å². The predicted molar refractivity (Wildman–Crippen MR) is 98.8 cm³/mol. The van der Waals surface area contributed by atoms with E-state index >= 15 is 0 Å². The third-order valence-corrected chi connectivity index (χ3v) is 5.41. The van der Waals surface area contributed by atoms with Crippen molar-refractivity contribution in [3.8, 4) is 11.5 Å². The molecule has 6 nitrogen and oxygen atoms in total. The van der Waals surface area contributed by atoms with Gasteiger partial charge in [0.15, 0.2) is 5.82 Å². The van der Waals surface area contributed by atoms with Crippen LogP contribution in [0, 0.1) is 5.92 Å². The second kappa shape index (κ2) is 7.78. The number of amides is 1. The van der Waals surface area contributed by atoms with Gasteiger partial charge in [0.25, 0.3) is 11.8 Å². The molecule has 4 heterocycles. The van der Waals surface area contributed by atoms with E-state index in [0.29, 0.717) is 17.6 Å². The van der Waals surface area contributed by atoms with E-state index in [-0.39, 0.29) is 5.91 Å². The topological polar surface area (TPSA) is 72.1 Å². The van der Waals surface area contributed by atoms with Gasteiger partial charge in [0.2, 0.25) is 0 Å². The van der Waals surface area contributed by atoms with Crippen molar-refractivity contribution < 1.29 is 9.32 Å². The molecular formula is C19H20N4O2S. The van der Waals surface area contributed by atoms with Gasteiger partial charge in [-0.2, -0.15) is 16.3 Å². The van der Waals surface area contributed by atoms with E-state index in [1.807, 2.05) is 33.9 Å². The van der Waals surface area contributed by atoms with E-state index in [0.717, 1.165) is 49.9 Å². The Morgan fingerprint density at radius 2 is 2.35 bits per heavy atom. The molecule has 1 unspecified atom stereocenters. The maximum atomic E-state index is 12.5. The van der Waals surface area contributed by atoms with E-state index in [1.165, 1.54) is 0 Å². The molecule has 0 bridgehead atoms. The smallest absolute Gasteiger partial charge is 0.259 e. The Labute approximate surface area is 155 Å². The second-order valence-electron chi connectivity index (χ2n) is 6.57. The first-order valence-corrected chi connectivity index (χ1v) is 9.78. The van der Waals surface area contributed by atoms with Crippen LogP contribution in [0.5, 0.6) is 0 Å². The minimum atomic E-state index is 0.148. The number of pyridine rings is 1. The maximum Gasteiger partial charge on any atom is 0.259 e. The fraction of sp³-hybridized carbons (Fsp3) is 0.368. The zero-order chi connectivity index (χ0) is 17.8. The van der Waals surface area contributed by atoms with E-state index in [4.69, 9.17) is 4.52 Å². The summed E-state index contributed by atoms with van der Waals surface area (Å²) in [7, 11) is 0. The normalized spacial score (nSPS) is 17.4. The van der Waals surface area contributed by atoms with Crippen LogP contribution in [0.1, 0.15) is 35.4 Å². The first-order chi connectivity index (χ1) is 12.8. The Bertz CT molecular complexity index is 848. The molecule has 134 valence electrons. The summed E-state index contributed by atoms with van der Waals surface area (Å²) in [5.41, 5.74) is 1.63. The molecule has 4 rings (SSSR count). The average Bonchev–Trinajstić information content (AvgIpc) is 3.39. The molecular weight excluding hydrogens is 348 g/mol.